The maximum absolute atomic E-state index is 15.3. The quantitative estimate of drug-likeness (QED) is 0.0194. The van der Waals surface area contributed by atoms with Crippen LogP contribution in [0.4, 0.5) is 11.4 Å². The van der Waals surface area contributed by atoms with Crippen LogP contribution in [0.5, 0.6) is 0 Å². The van der Waals surface area contributed by atoms with Gasteiger partial charge in [0.2, 0.25) is 70.9 Å². The molecular weight excluding hydrogens is 1440 g/mol. The van der Waals surface area contributed by atoms with Gasteiger partial charge < -0.3 is 79.5 Å². The number of likely N-dealkylation sites (N-methyl/N-ethyl adjacent to an activating group) is 1. The molecule has 31 heteroatoms. The third-order valence-electron chi connectivity index (χ3n) is 18.4. The number of amides is 13. The molecule has 16 N–H and O–H groups in total. The van der Waals surface area contributed by atoms with E-state index in [4.69, 9.17) is 17.3 Å². The number of anilines is 2. The third-order valence-corrected chi connectivity index (χ3v) is 18.6. The van der Waals surface area contributed by atoms with Crippen LogP contribution in [-0.2, 0) is 94.4 Å². The van der Waals surface area contributed by atoms with Gasteiger partial charge in [-0.3, -0.25) is 72.6 Å². The summed E-state index contributed by atoms with van der Waals surface area (Å²) in [6.07, 6.45) is 2.61. The lowest BCUT2D eigenvalue weighted by molar-refractivity contribution is -0.142. The standard InChI is InChI=1S/C80H103ClN16O14/c1-46(2)37-62(72(103)89-61(18-11-12-35-85-47(3)4)80(111)97-36-14-19-69(97)79(110)96-71(83-8)70(82)102)90-74(105)65(40-52-23-30-59(31-24-52)86-48(5)99)92-76(107)66(41-53-25-32-60(33-26-53)87-49(6)100)94-78(109)68(45-98)95-77(108)67(43-55-15-13-34-84-44-55)93-75(106)64(39-51-21-28-58(81)29-22-51)91-73(104)63(88-50(7)101)42-54-20-27-56-16-9-10-17-57(56)38-54/h9-10,13,15-17,20-34,38,44,46-47,61-69,71,83,85,98H,11-12,14,18-19,35-37,39-43,45H2,1-8H3,(H2,82,102)(H,86,99)(H,87,100)(H,88,101)(H,89,103)(H,90,105)(H,91,104)(H,92,107)(H,93,106)(H,94,109)(H,95,108)(H,96,110)/t61-,62-,63+,64+,65+,66-,67+,68-,69+,71-/m0/s1. The Balaban J connectivity index is 1.18. The normalized spacial score (nSPS) is 15.0. The maximum atomic E-state index is 15.3. The minimum Gasteiger partial charge on any atom is -0.394 e. The second-order valence-electron chi connectivity index (χ2n) is 28.4. The van der Waals surface area contributed by atoms with Crippen LogP contribution in [0.1, 0.15) is 115 Å². The fraction of sp³-hybridized carbons (Fsp3) is 0.425. The maximum Gasteiger partial charge on any atom is 0.255 e. The van der Waals surface area contributed by atoms with Crippen LogP contribution < -0.4 is 74.9 Å². The van der Waals surface area contributed by atoms with E-state index in [9.17, 15) is 57.8 Å². The first-order valence-corrected chi connectivity index (χ1v) is 37.5. The Morgan fingerprint density at radius 1 is 0.505 bits per heavy atom. The first-order valence-electron chi connectivity index (χ1n) is 37.1. The second-order valence-corrected chi connectivity index (χ2v) is 28.8. The van der Waals surface area contributed by atoms with E-state index in [-0.39, 0.29) is 81.7 Å². The van der Waals surface area contributed by atoms with Crippen molar-refractivity contribution in [1.82, 2.24) is 68.4 Å². The highest BCUT2D eigenvalue weighted by molar-refractivity contribution is 6.30. The zero-order valence-electron chi connectivity index (χ0n) is 63.7. The molecule has 30 nitrogen and oxygen atoms in total. The van der Waals surface area contributed by atoms with Crippen molar-refractivity contribution in [3.05, 3.63) is 173 Å². The van der Waals surface area contributed by atoms with Crippen LogP contribution in [0.3, 0.4) is 0 Å². The molecule has 1 aliphatic rings. The number of nitrogens with two attached hydrogens (primary N) is 1. The van der Waals surface area contributed by atoms with Gasteiger partial charge in [0.25, 0.3) is 5.91 Å². The molecule has 0 spiro atoms. The molecule has 0 radical (unpaired) electrons. The van der Waals surface area contributed by atoms with Crippen molar-refractivity contribution >= 4 is 111 Å². The summed E-state index contributed by atoms with van der Waals surface area (Å²) in [5.74, 6) is -9.95. The molecule has 1 aliphatic heterocycles. The van der Waals surface area contributed by atoms with Crippen LogP contribution in [0.25, 0.3) is 10.8 Å². The van der Waals surface area contributed by atoms with Gasteiger partial charge in [0.1, 0.15) is 54.4 Å². The van der Waals surface area contributed by atoms with E-state index in [1.54, 1.807) is 84.9 Å². The summed E-state index contributed by atoms with van der Waals surface area (Å²) < 4.78 is 0. The van der Waals surface area contributed by atoms with Gasteiger partial charge in [0, 0.05) is 94.3 Å². The molecule has 111 heavy (non-hydrogen) atoms. The molecule has 0 bridgehead atoms. The SMILES string of the molecule is CN[C@@H](NC(=O)[C@H]1CCCN1C(=O)[C@H](CCCCNC(C)C)NC(=O)[C@H](CC(C)C)NC(=O)[C@@H](Cc1ccc(NC(C)=O)cc1)NC(=O)[C@H](Cc1ccc(NC(C)=O)cc1)NC(=O)[C@H](CO)NC(=O)[C@@H](Cc1cccnc1)NC(=O)[C@@H](Cc1ccc(Cl)cc1)NC(=O)[C@@H](Cc1ccc2ccccc2c1)NC(C)=O)C(N)=O. The van der Waals surface area contributed by atoms with E-state index in [0.717, 1.165) is 10.8 Å². The Kier molecular flexibility index (Phi) is 33.9. The van der Waals surface area contributed by atoms with E-state index in [1.165, 1.54) is 45.1 Å². The lowest BCUT2D eigenvalue weighted by Gasteiger charge is -2.31. The number of likely N-dealkylation sites (tertiary alicyclic amines) is 1. The lowest BCUT2D eigenvalue weighted by atomic mass is 9.99. The summed E-state index contributed by atoms with van der Waals surface area (Å²) in [6, 6.07) is 22.9. The number of pyridine rings is 1. The van der Waals surface area contributed by atoms with Crippen LogP contribution in [0, 0.1) is 5.92 Å². The topological polar surface area (TPSA) is 441 Å². The van der Waals surface area contributed by atoms with E-state index in [0.29, 0.717) is 70.0 Å². The number of hydrogen-bond donors (Lipinski definition) is 15. The first-order chi connectivity index (χ1) is 52.9. The zero-order valence-corrected chi connectivity index (χ0v) is 64.5. The van der Waals surface area contributed by atoms with Gasteiger partial charge in [-0.1, -0.05) is 124 Å². The number of rotatable bonds is 41. The largest absolute Gasteiger partial charge is 0.394 e. The Morgan fingerprint density at radius 2 is 0.955 bits per heavy atom. The molecule has 0 saturated carbocycles. The van der Waals surface area contributed by atoms with Crippen molar-refractivity contribution in [3.63, 3.8) is 0 Å². The highest BCUT2D eigenvalue weighted by Gasteiger charge is 2.41. The second kappa shape index (κ2) is 43.3. The van der Waals surface area contributed by atoms with E-state index < -0.39 is 132 Å². The van der Waals surface area contributed by atoms with E-state index in [2.05, 4.69) is 74.1 Å². The van der Waals surface area contributed by atoms with Gasteiger partial charge in [0.15, 0.2) is 6.17 Å². The van der Waals surface area contributed by atoms with E-state index >= 15 is 9.59 Å². The number of nitrogens with zero attached hydrogens (tertiary/aromatic N) is 2. The number of fused-ring (bicyclic) bond motifs is 1. The van der Waals surface area contributed by atoms with Crippen LogP contribution >= 0.6 is 11.6 Å². The lowest BCUT2D eigenvalue weighted by Crippen LogP contribution is -2.62. The fourth-order valence-electron chi connectivity index (χ4n) is 12.8. The average Bonchev–Trinajstić information content (AvgIpc) is 1.79. The molecule has 1 saturated heterocycles. The number of nitrogens with one attached hydrogen (secondary N) is 13. The van der Waals surface area contributed by atoms with Gasteiger partial charge in [-0.25, -0.2) is 0 Å². The molecule has 2 heterocycles. The molecule has 1 fully saturated rings. The molecule has 10 atom stereocenters. The highest BCUT2D eigenvalue weighted by Crippen LogP contribution is 2.23. The number of aliphatic hydroxyl groups is 1. The molecule has 1 aromatic heterocycles. The predicted octanol–water partition coefficient (Wildman–Crippen LogP) is 2.56. The van der Waals surface area contributed by atoms with Crippen LogP contribution in [-0.4, -0.2) is 185 Å². The molecule has 6 aromatic rings. The van der Waals surface area contributed by atoms with Gasteiger partial charge in [-0.15, -0.1) is 0 Å². The summed E-state index contributed by atoms with van der Waals surface area (Å²) in [5.41, 5.74) is 8.84. The third kappa shape index (κ3) is 28.3. The monoisotopic (exact) mass is 1550 g/mol. The Hall–Kier alpha value is -11.2. The van der Waals surface area contributed by atoms with Gasteiger partial charge in [-0.2, -0.15) is 0 Å². The molecule has 0 aliphatic carbocycles. The van der Waals surface area contributed by atoms with Crippen molar-refractivity contribution in [2.75, 3.05) is 37.4 Å². The molecule has 7 rings (SSSR count). The number of aliphatic hydroxyl groups excluding tert-OH is 1. The summed E-state index contributed by atoms with van der Waals surface area (Å²) >= 11 is 6.26. The molecule has 594 valence electrons. The van der Waals surface area contributed by atoms with Crippen molar-refractivity contribution in [3.8, 4) is 0 Å². The van der Waals surface area contributed by atoms with Gasteiger partial charge in [-0.05, 0) is 139 Å². The number of halogens is 1. The minimum atomic E-state index is -1.86. The molecule has 5 aromatic carbocycles. The first kappa shape index (κ1) is 87.0. The Labute approximate surface area is 650 Å². The fourth-order valence-corrected chi connectivity index (χ4v) is 12.9. The van der Waals surface area contributed by atoms with Crippen molar-refractivity contribution in [2.24, 2.45) is 11.7 Å². The number of benzene rings is 5. The summed E-state index contributed by atoms with van der Waals surface area (Å²) in [6.45, 7) is 11.2. The van der Waals surface area contributed by atoms with Crippen molar-refractivity contribution in [2.45, 2.75) is 186 Å². The number of primary amides is 1. The average molecular weight is 1550 g/mol. The molecule has 0 unspecified atom stereocenters. The van der Waals surface area contributed by atoms with Crippen molar-refractivity contribution < 1.29 is 67.4 Å². The molecular formula is C80H103ClN16O14. The van der Waals surface area contributed by atoms with Crippen LogP contribution in [0.15, 0.2) is 140 Å². The Morgan fingerprint density at radius 3 is 1.42 bits per heavy atom. The van der Waals surface area contributed by atoms with Gasteiger partial charge >= 0.3 is 0 Å². The van der Waals surface area contributed by atoms with Gasteiger partial charge in [0.05, 0.1) is 6.61 Å². The number of carbonyl (C=O) groups is 13. The highest BCUT2D eigenvalue weighted by atomic mass is 35.5. The van der Waals surface area contributed by atoms with Crippen LogP contribution in [0.2, 0.25) is 5.02 Å². The number of hydrogen-bond acceptors (Lipinski definition) is 17. The predicted molar refractivity (Wildman–Crippen MR) is 419 cm³/mol. The summed E-state index contributed by atoms with van der Waals surface area (Å²) in [4.78, 5) is 188. The number of aromatic nitrogens is 1. The summed E-state index contributed by atoms with van der Waals surface area (Å²) in [7, 11) is 1.43. The smallest absolute Gasteiger partial charge is 0.255 e. The number of unbranched alkanes of at least 4 members (excludes halogenated alkanes) is 1. The zero-order chi connectivity index (χ0) is 80.8. The Bertz CT molecular complexity index is 4210. The van der Waals surface area contributed by atoms with E-state index in [1.807, 2.05) is 70.2 Å². The minimum absolute atomic E-state index is 0.0125. The summed E-state index contributed by atoms with van der Waals surface area (Å²) in [5, 5.41) is 49.1. The number of carbonyl (C=O) groups excluding carboxylic acids is 13. The van der Waals surface area contributed by atoms with Crippen molar-refractivity contribution in [1.29, 1.82) is 0 Å². The molecule has 13 amide bonds.